The van der Waals surface area contributed by atoms with Gasteiger partial charge >= 0.3 is 0 Å². The van der Waals surface area contributed by atoms with Crippen LogP contribution in [0, 0.1) is 5.82 Å². The Hall–Kier alpha value is -3.19. The number of ether oxygens (including phenoxy) is 1. The number of nitrogens with zero attached hydrogens (tertiary/aromatic N) is 1. The lowest BCUT2D eigenvalue weighted by Gasteiger charge is -2.33. The predicted octanol–water partition coefficient (Wildman–Crippen LogP) is 5.66. The summed E-state index contributed by atoms with van der Waals surface area (Å²) in [6.07, 6.45) is 5.22. The molecule has 0 spiro atoms. The van der Waals surface area contributed by atoms with Crippen molar-refractivity contribution >= 4 is 23.2 Å². The van der Waals surface area contributed by atoms with Crippen LogP contribution in [0.15, 0.2) is 66.0 Å². The van der Waals surface area contributed by atoms with Crippen LogP contribution in [0.1, 0.15) is 54.1 Å². The minimum Gasteiger partial charge on any atom is -0.497 e. The number of hydrogen-bond donors (Lipinski definition) is 1. The molecule has 3 aromatic rings. The number of thiophene rings is 1. The number of benzene rings is 2. The number of nitrogens with one attached hydrogen (secondary N) is 1. The van der Waals surface area contributed by atoms with Gasteiger partial charge in [-0.15, -0.1) is 11.3 Å². The second-order valence-corrected chi connectivity index (χ2v) is 9.93. The molecule has 1 aliphatic rings. The maximum atomic E-state index is 15.1. The zero-order chi connectivity index (χ0) is 24.6. The van der Waals surface area contributed by atoms with E-state index in [9.17, 15) is 9.59 Å². The standard InChI is InChI=1S/C28H31FN2O3S/c1-34-22-15-13-20(14-16-22)19-31(26(32)18-23-10-7-17-35-23)27(24-11-5-6-12-25(24)29)28(33)30-21-8-3-2-4-9-21/h5-7,10-17,21,27H,2-4,8-9,18-19H2,1H3,(H,30,33)/t27-/m0/s1. The summed E-state index contributed by atoms with van der Waals surface area (Å²) in [5.74, 6) is -0.365. The van der Waals surface area contributed by atoms with Crippen LogP contribution in [-0.4, -0.2) is 29.9 Å². The number of halogens is 1. The summed E-state index contributed by atoms with van der Waals surface area (Å²) >= 11 is 1.49. The lowest BCUT2D eigenvalue weighted by molar-refractivity contribution is -0.141. The molecule has 1 heterocycles. The van der Waals surface area contributed by atoms with Crippen molar-refractivity contribution in [3.8, 4) is 5.75 Å². The van der Waals surface area contributed by atoms with E-state index in [2.05, 4.69) is 5.32 Å². The highest BCUT2D eigenvalue weighted by molar-refractivity contribution is 7.10. The average molecular weight is 495 g/mol. The molecule has 184 valence electrons. The predicted molar refractivity (Wildman–Crippen MR) is 136 cm³/mol. The van der Waals surface area contributed by atoms with Crippen molar-refractivity contribution in [3.63, 3.8) is 0 Å². The molecular weight excluding hydrogens is 463 g/mol. The molecule has 1 aliphatic carbocycles. The molecule has 35 heavy (non-hydrogen) atoms. The van der Waals surface area contributed by atoms with E-state index in [0.29, 0.717) is 5.75 Å². The number of methoxy groups -OCH3 is 1. The van der Waals surface area contributed by atoms with Gasteiger partial charge < -0.3 is 15.0 Å². The normalized spacial score (nSPS) is 14.8. The topological polar surface area (TPSA) is 58.6 Å². The highest BCUT2D eigenvalue weighted by atomic mass is 32.1. The quantitative estimate of drug-likeness (QED) is 0.418. The molecule has 1 saturated carbocycles. The van der Waals surface area contributed by atoms with Gasteiger partial charge in [-0.3, -0.25) is 9.59 Å². The number of amides is 2. The molecule has 1 atom stereocenters. The minimum atomic E-state index is -1.08. The van der Waals surface area contributed by atoms with E-state index < -0.39 is 11.9 Å². The Morgan fingerprint density at radius 1 is 1.06 bits per heavy atom. The van der Waals surface area contributed by atoms with Crippen LogP contribution in [-0.2, 0) is 22.6 Å². The molecule has 1 N–H and O–H groups in total. The van der Waals surface area contributed by atoms with E-state index in [1.54, 1.807) is 25.3 Å². The summed E-state index contributed by atoms with van der Waals surface area (Å²) in [4.78, 5) is 29.8. The van der Waals surface area contributed by atoms with Crippen molar-refractivity contribution in [1.82, 2.24) is 10.2 Å². The second-order valence-electron chi connectivity index (χ2n) is 8.89. The lowest BCUT2D eigenvalue weighted by Crippen LogP contribution is -2.47. The van der Waals surface area contributed by atoms with Gasteiger partial charge in [-0.2, -0.15) is 0 Å². The molecule has 1 fully saturated rings. The molecule has 7 heteroatoms. The van der Waals surface area contributed by atoms with Crippen molar-refractivity contribution in [2.45, 2.75) is 57.2 Å². The first-order valence-electron chi connectivity index (χ1n) is 12.0. The molecule has 2 aromatic carbocycles. The van der Waals surface area contributed by atoms with E-state index in [4.69, 9.17) is 4.74 Å². The van der Waals surface area contributed by atoms with Crippen molar-refractivity contribution in [1.29, 1.82) is 0 Å². The molecular formula is C28H31FN2O3S. The van der Waals surface area contributed by atoms with E-state index in [-0.39, 0.29) is 36.4 Å². The molecule has 0 aliphatic heterocycles. The summed E-state index contributed by atoms with van der Waals surface area (Å²) in [5, 5.41) is 5.04. The molecule has 5 nitrogen and oxygen atoms in total. The number of hydrogen-bond acceptors (Lipinski definition) is 4. The van der Waals surface area contributed by atoms with Gasteiger partial charge in [0.15, 0.2) is 0 Å². The van der Waals surface area contributed by atoms with Gasteiger partial charge in [0.2, 0.25) is 11.8 Å². The van der Waals surface area contributed by atoms with E-state index >= 15 is 4.39 Å². The zero-order valence-corrected chi connectivity index (χ0v) is 20.7. The molecule has 0 saturated heterocycles. The summed E-state index contributed by atoms with van der Waals surface area (Å²) in [5.41, 5.74) is 1.03. The first-order chi connectivity index (χ1) is 17.0. The number of carbonyl (C=O) groups is 2. The highest BCUT2D eigenvalue weighted by Crippen LogP contribution is 2.29. The summed E-state index contributed by atoms with van der Waals surface area (Å²) in [6, 6.07) is 16.3. The SMILES string of the molecule is COc1ccc(CN(C(=O)Cc2cccs2)[C@H](C(=O)NC2CCCCC2)c2ccccc2F)cc1. The van der Waals surface area contributed by atoms with Gasteiger partial charge in [0.25, 0.3) is 0 Å². The third-order valence-electron chi connectivity index (χ3n) is 6.45. The summed E-state index contributed by atoms with van der Waals surface area (Å²) in [6.45, 7) is 0.172. The smallest absolute Gasteiger partial charge is 0.247 e. The largest absolute Gasteiger partial charge is 0.497 e. The Labute approximate surface area is 209 Å². The van der Waals surface area contributed by atoms with Gasteiger partial charge in [-0.1, -0.05) is 55.7 Å². The van der Waals surface area contributed by atoms with Crippen LogP contribution in [0.25, 0.3) is 0 Å². The monoisotopic (exact) mass is 494 g/mol. The van der Waals surface area contributed by atoms with Gasteiger partial charge in [0, 0.05) is 23.0 Å². The fourth-order valence-electron chi connectivity index (χ4n) is 4.59. The van der Waals surface area contributed by atoms with Crippen LogP contribution in [0.3, 0.4) is 0 Å². The van der Waals surface area contributed by atoms with Gasteiger partial charge in [0.1, 0.15) is 17.6 Å². The highest BCUT2D eigenvalue weighted by Gasteiger charge is 2.34. The fourth-order valence-corrected chi connectivity index (χ4v) is 5.29. The van der Waals surface area contributed by atoms with E-state index in [1.807, 2.05) is 41.8 Å². The van der Waals surface area contributed by atoms with Gasteiger partial charge in [-0.05, 0) is 48.1 Å². The number of carbonyl (C=O) groups excluding carboxylic acids is 2. The van der Waals surface area contributed by atoms with Crippen molar-refractivity contribution < 1.29 is 18.7 Å². The average Bonchev–Trinajstić information content (AvgIpc) is 3.39. The molecule has 4 rings (SSSR count). The van der Waals surface area contributed by atoms with Crippen LogP contribution >= 0.6 is 11.3 Å². The second kappa shape index (κ2) is 12.0. The Morgan fingerprint density at radius 3 is 2.46 bits per heavy atom. The summed E-state index contributed by atoms with van der Waals surface area (Å²) in [7, 11) is 1.59. The van der Waals surface area contributed by atoms with Crippen molar-refractivity contribution in [3.05, 3.63) is 87.9 Å². The Kier molecular flexibility index (Phi) is 8.53. The first kappa shape index (κ1) is 24.9. The maximum Gasteiger partial charge on any atom is 0.247 e. The molecule has 0 radical (unpaired) electrons. The minimum absolute atomic E-state index is 0.0424. The lowest BCUT2D eigenvalue weighted by atomic mass is 9.94. The Bertz CT molecular complexity index is 1110. The maximum absolute atomic E-state index is 15.1. The van der Waals surface area contributed by atoms with Crippen LogP contribution in [0.5, 0.6) is 5.75 Å². The van der Waals surface area contributed by atoms with Crippen molar-refractivity contribution in [2.75, 3.05) is 7.11 Å². The van der Waals surface area contributed by atoms with Gasteiger partial charge in [0.05, 0.1) is 13.5 Å². The molecule has 1 aromatic heterocycles. The van der Waals surface area contributed by atoms with Crippen LogP contribution in [0.2, 0.25) is 0 Å². The van der Waals surface area contributed by atoms with E-state index in [1.165, 1.54) is 22.3 Å². The fraction of sp³-hybridized carbons (Fsp3) is 0.357. The third kappa shape index (κ3) is 6.48. The van der Waals surface area contributed by atoms with Crippen LogP contribution in [0.4, 0.5) is 4.39 Å². The molecule has 0 bridgehead atoms. The van der Waals surface area contributed by atoms with Crippen molar-refractivity contribution in [2.24, 2.45) is 0 Å². The zero-order valence-electron chi connectivity index (χ0n) is 19.9. The molecule has 2 amide bonds. The van der Waals surface area contributed by atoms with Crippen LogP contribution < -0.4 is 10.1 Å². The third-order valence-corrected chi connectivity index (χ3v) is 7.33. The molecule has 0 unspecified atom stereocenters. The number of rotatable bonds is 9. The Balaban J connectivity index is 1.70. The van der Waals surface area contributed by atoms with Gasteiger partial charge in [-0.25, -0.2) is 4.39 Å². The Morgan fingerprint density at radius 2 is 1.80 bits per heavy atom. The summed E-state index contributed by atoms with van der Waals surface area (Å²) < 4.78 is 20.3. The van der Waals surface area contributed by atoms with E-state index in [0.717, 1.165) is 42.5 Å². The first-order valence-corrected chi connectivity index (χ1v) is 12.9.